The molecule has 0 radical (unpaired) electrons. The van der Waals surface area contributed by atoms with E-state index in [1.807, 2.05) is 54.8 Å². The largest absolute Gasteiger partial charge is 0.337 e. The fourth-order valence-corrected chi connectivity index (χ4v) is 2.88. The molecule has 1 aromatic carbocycles. The zero-order valence-corrected chi connectivity index (χ0v) is 16.3. The number of fused-ring (bicyclic) bond motifs is 1. The van der Waals surface area contributed by atoms with Crippen LogP contribution < -0.4 is 10.6 Å². The Kier molecular flexibility index (Phi) is 5.19. The van der Waals surface area contributed by atoms with Crippen molar-refractivity contribution in [3.63, 3.8) is 0 Å². The van der Waals surface area contributed by atoms with Crippen LogP contribution in [0.2, 0.25) is 0 Å². The third kappa shape index (κ3) is 4.40. The van der Waals surface area contributed by atoms with Gasteiger partial charge in [-0.1, -0.05) is 30.3 Å². The molecule has 0 aliphatic heterocycles. The predicted octanol–water partition coefficient (Wildman–Crippen LogP) is 2.93. The highest BCUT2D eigenvalue weighted by Crippen LogP contribution is 2.20. The highest BCUT2D eigenvalue weighted by Gasteiger charge is 2.09. The topological polar surface area (TPSA) is 102 Å². The average molecular weight is 390 g/mol. The molecule has 4 rings (SSSR count). The van der Waals surface area contributed by atoms with E-state index in [4.69, 9.17) is 0 Å². The summed E-state index contributed by atoms with van der Waals surface area (Å²) < 4.78 is 1.89. The molecule has 0 aliphatic rings. The van der Waals surface area contributed by atoms with Gasteiger partial charge in [0.15, 0.2) is 11.6 Å². The van der Waals surface area contributed by atoms with Crippen molar-refractivity contribution in [2.45, 2.75) is 26.3 Å². The highest BCUT2D eigenvalue weighted by molar-refractivity contribution is 5.88. The van der Waals surface area contributed by atoms with Gasteiger partial charge in [0.2, 0.25) is 0 Å². The Labute approximate surface area is 167 Å². The van der Waals surface area contributed by atoms with Crippen molar-refractivity contribution in [3.05, 3.63) is 60.7 Å². The minimum Gasteiger partial charge on any atom is -0.337 e. The van der Waals surface area contributed by atoms with Gasteiger partial charge in [-0.2, -0.15) is 4.80 Å². The second kappa shape index (κ2) is 8.09. The van der Waals surface area contributed by atoms with E-state index in [9.17, 15) is 4.79 Å². The number of rotatable bonds is 6. The van der Waals surface area contributed by atoms with Crippen LogP contribution in [0.3, 0.4) is 0 Å². The number of imidazole rings is 1. The van der Waals surface area contributed by atoms with E-state index in [0.717, 1.165) is 16.8 Å². The van der Waals surface area contributed by atoms with Gasteiger partial charge in [0.25, 0.3) is 0 Å². The summed E-state index contributed by atoms with van der Waals surface area (Å²) in [5, 5.41) is 17.7. The molecule has 0 fully saturated rings. The molecular weight excluding hydrogens is 368 g/mol. The molecule has 2 amide bonds. The summed E-state index contributed by atoms with van der Waals surface area (Å²) in [5.74, 6) is 1.08. The summed E-state index contributed by atoms with van der Waals surface area (Å²) in [4.78, 5) is 18.1. The summed E-state index contributed by atoms with van der Waals surface area (Å²) in [5.41, 5.74) is 2.96. The summed E-state index contributed by atoms with van der Waals surface area (Å²) in [6.45, 7) is 4.37. The summed E-state index contributed by atoms with van der Waals surface area (Å²) in [6.07, 6.45) is 4.29. The van der Waals surface area contributed by atoms with Crippen LogP contribution in [-0.2, 0) is 6.42 Å². The van der Waals surface area contributed by atoms with E-state index in [1.54, 1.807) is 11.0 Å². The lowest BCUT2D eigenvalue weighted by atomic mass is 10.1. The first-order valence-corrected chi connectivity index (χ1v) is 9.46. The first-order valence-electron chi connectivity index (χ1n) is 9.46. The van der Waals surface area contributed by atoms with Crippen molar-refractivity contribution >= 4 is 17.5 Å². The molecule has 0 saturated heterocycles. The van der Waals surface area contributed by atoms with Crippen molar-refractivity contribution < 1.29 is 4.79 Å². The molecule has 9 heteroatoms. The van der Waals surface area contributed by atoms with E-state index in [0.29, 0.717) is 24.6 Å². The smallest absolute Gasteiger partial charge is 0.320 e. The second-order valence-electron chi connectivity index (χ2n) is 6.93. The lowest BCUT2D eigenvalue weighted by Crippen LogP contribution is -2.30. The van der Waals surface area contributed by atoms with Gasteiger partial charge in [0.05, 0.1) is 12.2 Å². The molecule has 0 saturated carbocycles. The fourth-order valence-electron chi connectivity index (χ4n) is 2.88. The van der Waals surface area contributed by atoms with E-state index < -0.39 is 0 Å². The number of nitrogens with zero attached hydrogens (tertiary/aromatic N) is 6. The number of urea groups is 1. The standard InChI is InChI=1S/C20H22N8O/c1-14(2)28-25-17(24-26-28)10-11-21-20(29)23-18-13-27-12-16(8-9-19(27)22-18)15-6-4-3-5-7-15/h3-9,12-14H,10-11H2,1-2H3,(H2,21,23,29). The number of tetrazole rings is 1. The van der Waals surface area contributed by atoms with Crippen LogP contribution in [0.25, 0.3) is 16.8 Å². The lowest BCUT2D eigenvalue weighted by Gasteiger charge is -2.03. The molecule has 0 atom stereocenters. The molecule has 0 unspecified atom stereocenters. The van der Waals surface area contributed by atoms with E-state index in [2.05, 4.69) is 43.2 Å². The molecule has 0 aliphatic carbocycles. The maximum atomic E-state index is 12.1. The van der Waals surface area contributed by atoms with Gasteiger partial charge < -0.3 is 9.72 Å². The first kappa shape index (κ1) is 18.6. The molecule has 2 N–H and O–H groups in total. The molecular formula is C20H22N8O. The maximum absolute atomic E-state index is 12.1. The number of hydrogen-bond acceptors (Lipinski definition) is 5. The van der Waals surface area contributed by atoms with Gasteiger partial charge in [-0.15, -0.1) is 10.2 Å². The predicted molar refractivity (Wildman–Crippen MR) is 110 cm³/mol. The zero-order valence-electron chi connectivity index (χ0n) is 16.3. The Morgan fingerprint density at radius 1 is 1.07 bits per heavy atom. The van der Waals surface area contributed by atoms with Crippen LogP contribution in [0.1, 0.15) is 25.7 Å². The Morgan fingerprint density at radius 3 is 2.66 bits per heavy atom. The minimum absolute atomic E-state index is 0.157. The summed E-state index contributed by atoms with van der Waals surface area (Å²) >= 11 is 0. The number of carbonyl (C=O) groups excluding carboxylic acids is 1. The lowest BCUT2D eigenvalue weighted by molar-refractivity contribution is 0.252. The number of benzene rings is 1. The van der Waals surface area contributed by atoms with Crippen molar-refractivity contribution in [1.29, 1.82) is 0 Å². The van der Waals surface area contributed by atoms with E-state index in [1.165, 1.54) is 0 Å². The number of pyridine rings is 1. The second-order valence-corrected chi connectivity index (χ2v) is 6.93. The number of carbonyl (C=O) groups is 1. The molecule has 29 heavy (non-hydrogen) atoms. The van der Waals surface area contributed by atoms with Crippen LogP contribution in [-0.4, -0.2) is 42.2 Å². The van der Waals surface area contributed by atoms with Gasteiger partial charge in [-0.25, -0.2) is 9.78 Å². The minimum atomic E-state index is -0.326. The Hall–Kier alpha value is -3.75. The number of nitrogens with one attached hydrogen (secondary N) is 2. The molecule has 4 aromatic rings. The summed E-state index contributed by atoms with van der Waals surface area (Å²) in [7, 11) is 0. The van der Waals surface area contributed by atoms with Gasteiger partial charge in [-0.05, 0) is 42.3 Å². The number of hydrogen-bond donors (Lipinski definition) is 2. The van der Waals surface area contributed by atoms with Gasteiger partial charge >= 0.3 is 6.03 Å². The molecule has 0 spiro atoms. The Bertz CT molecular complexity index is 1120. The van der Waals surface area contributed by atoms with Crippen molar-refractivity contribution in [2.24, 2.45) is 0 Å². The van der Waals surface area contributed by atoms with Gasteiger partial charge in [0, 0.05) is 19.2 Å². The number of anilines is 1. The molecule has 3 heterocycles. The van der Waals surface area contributed by atoms with Crippen molar-refractivity contribution in [3.8, 4) is 11.1 Å². The monoisotopic (exact) mass is 390 g/mol. The summed E-state index contributed by atoms with van der Waals surface area (Å²) in [6, 6.07) is 13.9. The Balaban J connectivity index is 1.35. The third-order valence-corrected chi connectivity index (χ3v) is 4.37. The molecule has 3 aromatic heterocycles. The van der Waals surface area contributed by atoms with Crippen LogP contribution in [0.5, 0.6) is 0 Å². The fraction of sp³-hybridized carbons (Fsp3) is 0.250. The van der Waals surface area contributed by atoms with Crippen LogP contribution in [0, 0.1) is 0 Å². The molecule has 148 valence electrons. The van der Waals surface area contributed by atoms with E-state index >= 15 is 0 Å². The van der Waals surface area contributed by atoms with E-state index in [-0.39, 0.29) is 12.1 Å². The van der Waals surface area contributed by atoms with Crippen LogP contribution in [0.4, 0.5) is 10.6 Å². The SMILES string of the molecule is CC(C)n1nnc(CCNC(=O)Nc2cn3cc(-c4ccccc4)ccc3n2)n1. The zero-order chi connectivity index (χ0) is 20.2. The normalized spacial score (nSPS) is 11.1. The van der Waals surface area contributed by atoms with Gasteiger partial charge in [0.1, 0.15) is 5.65 Å². The van der Waals surface area contributed by atoms with Crippen molar-refractivity contribution in [1.82, 2.24) is 34.9 Å². The quantitative estimate of drug-likeness (QED) is 0.527. The first-order chi connectivity index (χ1) is 14.1. The van der Waals surface area contributed by atoms with Crippen LogP contribution in [0.15, 0.2) is 54.9 Å². The number of aromatic nitrogens is 6. The van der Waals surface area contributed by atoms with Crippen LogP contribution >= 0.6 is 0 Å². The molecule has 9 nitrogen and oxygen atoms in total. The van der Waals surface area contributed by atoms with Crippen molar-refractivity contribution in [2.75, 3.05) is 11.9 Å². The van der Waals surface area contributed by atoms with Gasteiger partial charge in [-0.3, -0.25) is 5.32 Å². The Morgan fingerprint density at radius 2 is 1.90 bits per heavy atom. The third-order valence-electron chi connectivity index (χ3n) is 4.37. The highest BCUT2D eigenvalue weighted by atomic mass is 16.2. The molecule has 0 bridgehead atoms. The average Bonchev–Trinajstić information content (AvgIpc) is 3.34. The number of amides is 2. The maximum Gasteiger partial charge on any atom is 0.320 e.